The number of benzene rings is 2. The topological polar surface area (TPSA) is 55.8 Å². The van der Waals surface area contributed by atoms with Gasteiger partial charge in [0.25, 0.3) is 0 Å². The van der Waals surface area contributed by atoms with E-state index in [1.807, 2.05) is 0 Å². The second kappa shape index (κ2) is 7.19. The Kier molecular flexibility index (Phi) is 5.17. The molecule has 0 aromatic heterocycles. The summed E-state index contributed by atoms with van der Waals surface area (Å²) in [6.45, 7) is 0.796. The van der Waals surface area contributed by atoms with Crippen LogP contribution < -0.4 is 9.47 Å². The molecule has 3 rings (SSSR count). The van der Waals surface area contributed by atoms with Crippen LogP contribution in [-0.2, 0) is 16.6 Å². The fourth-order valence-electron chi connectivity index (χ4n) is 2.48. The third kappa shape index (κ3) is 3.73. The van der Waals surface area contributed by atoms with E-state index in [-0.39, 0.29) is 22.0 Å². The van der Waals surface area contributed by atoms with Crippen molar-refractivity contribution in [2.24, 2.45) is 0 Å². The van der Waals surface area contributed by atoms with Crippen LogP contribution in [0.2, 0.25) is 5.02 Å². The number of hydrogen-bond acceptors (Lipinski definition) is 4. The van der Waals surface area contributed by atoms with E-state index >= 15 is 0 Å². The molecule has 0 spiro atoms. The summed E-state index contributed by atoms with van der Waals surface area (Å²) in [5.41, 5.74) is 0.129. The molecule has 0 N–H and O–H groups in total. The molecule has 134 valence electrons. The molecule has 1 heterocycles. The van der Waals surface area contributed by atoms with E-state index in [4.69, 9.17) is 21.1 Å². The average molecular weight is 386 g/mol. The third-order valence-corrected chi connectivity index (χ3v) is 6.02. The van der Waals surface area contributed by atoms with Crippen molar-refractivity contribution in [2.45, 2.75) is 17.9 Å². The van der Waals surface area contributed by atoms with Gasteiger partial charge in [0.2, 0.25) is 10.0 Å². The van der Waals surface area contributed by atoms with Crippen LogP contribution >= 0.6 is 11.6 Å². The molecule has 0 saturated carbocycles. The van der Waals surface area contributed by atoms with E-state index in [0.29, 0.717) is 24.7 Å². The van der Waals surface area contributed by atoms with Crippen LogP contribution in [0.3, 0.4) is 0 Å². The molecular formula is C17H17ClFNO4S. The summed E-state index contributed by atoms with van der Waals surface area (Å²) in [7, 11) is -2.47. The van der Waals surface area contributed by atoms with E-state index in [0.717, 1.165) is 10.7 Å². The minimum absolute atomic E-state index is 0.0479. The predicted octanol–water partition coefficient (Wildman–Crippen LogP) is 3.46. The molecule has 1 aliphatic heterocycles. The fraction of sp³-hybridized carbons (Fsp3) is 0.294. The zero-order valence-electron chi connectivity index (χ0n) is 13.5. The monoisotopic (exact) mass is 385 g/mol. The molecule has 0 unspecified atom stereocenters. The molecule has 0 atom stereocenters. The summed E-state index contributed by atoms with van der Waals surface area (Å²) < 4.78 is 51.6. The lowest BCUT2D eigenvalue weighted by molar-refractivity contribution is 0.297. The highest BCUT2D eigenvalue weighted by Crippen LogP contribution is 2.33. The van der Waals surface area contributed by atoms with E-state index < -0.39 is 15.8 Å². The Labute approximate surface area is 151 Å². The summed E-state index contributed by atoms with van der Waals surface area (Å²) in [6.07, 6.45) is 0.725. The Bertz CT molecular complexity index is 868. The second-order valence-electron chi connectivity index (χ2n) is 5.62. The third-order valence-electron chi connectivity index (χ3n) is 3.87. The zero-order valence-corrected chi connectivity index (χ0v) is 15.1. The highest BCUT2D eigenvalue weighted by molar-refractivity contribution is 7.89. The lowest BCUT2D eigenvalue weighted by atomic mass is 10.2. The molecule has 0 fully saturated rings. The number of sulfonamides is 1. The molecular weight excluding hydrogens is 369 g/mol. The standard InChI is InChI=1S/C17H17ClFNO4S/c1-20(11-13-14(18)4-2-5-15(13)19)25(21,22)12-6-7-16-17(10-12)24-9-3-8-23-16/h2,4-7,10H,3,8-9,11H2,1H3. The van der Waals surface area contributed by atoms with Crippen molar-refractivity contribution >= 4 is 21.6 Å². The highest BCUT2D eigenvalue weighted by Gasteiger charge is 2.25. The van der Waals surface area contributed by atoms with Gasteiger partial charge in [-0.05, 0) is 24.3 Å². The molecule has 25 heavy (non-hydrogen) atoms. The van der Waals surface area contributed by atoms with Crippen LogP contribution in [-0.4, -0.2) is 33.0 Å². The fourth-order valence-corrected chi connectivity index (χ4v) is 3.85. The summed E-state index contributed by atoms with van der Waals surface area (Å²) in [5.74, 6) is 0.348. The van der Waals surface area contributed by atoms with E-state index in [1.165, 1.54) is 37.4 Å². The minimum atomic E-state index is -3.84. The van der Waals surface area contributed by atoms with E-state index in [9.17, 15) is 12.8 Å². The smallest absolute Gasteiger partial charge is 0.243 e. The van der Waals surface area contributed by atoms with E-state index in [1.54, 1.807) is 6.07 Å². The number of rotatable bonds is 4. The molecule has 8 heteroatoms. The minimum Gasteiger partial charge on any atom is -0.490 e. The maximum absolute atomic E-state index is 13.9. The summed E-state index contributed by atoms with van der Waals surface area (Å²) >= 11 is 5.98. The molecule has 0 radical (unpaired) electrons. The summed E-state index contributed by atoms with van der Waals surface area (Å²) in [4.78, 5) is 0.0479. The molecule has 0 amide bonds. The Morgan fingerprint density at radius 3 is 2.60 bits per heavy atom. The molecule has 0 bridgehead atoms. The Hall–Kier alpha value is -1.83. The van der Waals surface area contributed by atoms with Crippen molar-refractivity contribution in [3.8, 4) is 11.5 Å². The van der Waals surface area contributed by atoms with Gasteiger partial charge in [0.05, 0.1) is 18.1 Å². The predicted molar refractivity (Wildman–Crippen MR) is 92.1 cm³/mol. The quantitative estimate of drug-likeness (QED) is 0.808. The Balaban J connectivity index is 1.89. The van der Waals surface area contributed by atoms with Crippen molar-refractivity contribution in [2.75, 3.05) is 20.3 Å². The molecule has 5 nitrogen and oxygen atoms in total. The molecule has 0 aliphatic carbocycles. The van der Waals surface area contributed by atoms with Gasteiger partial charge >= 0.3 is 0 Å². The largest absolute Gasteiger partial charge is 0.490 e. The lowest BCUT2D eigenvalue weighted by Gasteiger charge is -2.19. The van der Waals surface area contributed by atoms with E-state index in [2.05, 4.69) is 0 Å². The van der Waals surface area contributed by atoms with Crippen LogP contribution in [0.1, 0.15) is 12.0 Å². The lowest BCUT2D eigenvalue weighted by Crippen LogP contribution is -2.27. The maximum atomic E-state index is 13.9. The molecule has 0 saturated heterocycles. The van der Waals surface area contributed by atoms with Crippen LogP contribution in [0.4, 0.5) is 4.39 Å². The number of fused-ring (bicyclic) bond motifs is 1. The number of ether oxygens (including phenoxy) is 2. The van der Waals surface area contributed by atoms with Gasteiger partial charge in [-0.15, -0.1) is 0 Å². The normalized spacial score (nSPS) is 14.4. The Morgan fingerprint density at radius 1 is 1.16 bits per heavy atom. The van der Waals surface area contributed by atoms with Gasteiger partial charge in [0, 0.05) is 36.7 Å². The SMILES string of the molecule is CN(Cc1c(F)cccc1Cl)S(=O)(=O)c1ccc2c(c1)OCCCO2. The maximum Gasteiger partial charge on any atom is 0.243 e. The van der Waals surface area contributed by atoms with Crippen LogP contribution in [0.25, 0.3) is 0 Å². The Morgan fingerprint density at radius 2 is 1.88 bits per heavy atom. The van der Waals surface area contributed by atoms with Gasteiger partial charge in [0.1, 0.15) is 5.82 Å². The van der Waals surface area contributed by atoms with Gasteiger partial charge in [-0.2, -0.15) is 4.31 Å². The van der Waals surface area contributed by atoms with Crippen molar-refractivity contribution in [1.29, 1.82) is 0 Å². The van der Waals surface area contributed by atoms with Crippen LogP contribution in [0.5, 0.6) is 11.5 Å². The van der Waals surface area contributed by atoms with Gasteiger partial charge in [-0.3, -0.25) is 0 Å². The molecule has 2 aromatic rings. The summed E-state index contributed by atoms with van der Waals surface area (Å²) in [5, 5.41) is 0.181. The van der Waals surface area contributed by atoms with Crippen molar-refractivity contribution in [3.63, 3.8) is 0 Å². The zero-order chi connectivity index (χ0) is 18.0. The first kappa shape index (κ1) is 18.0. The van der Waals surface area contributed by atoms with Crippen molar-refractivity contribution in [1.82, 2.24) is 4.31 Å². The first-order chi connectivity index (χ1) is 11.9. The first-order valence-electron chi connectivity index (χ1n) is 7.68. The van der Waals surface area contributed by atoms with Crippen LogP contribution in [0.15, 0.2) is 41.3 Å². The van der Waals surface area contributed by atoms with Gasteiger partial charge in [0.15, 0.2) is 11.5 Å². The van der Waals surface area contributed by atoms with Crippen molar-refractivity contribution < 1.29 is 22.3 Å². The van der Waals surface area contributed by atoms with Gasteiger partial charge < -0.3 is 9.47 Å². The molecule has 1 aliphatic rings. The first-order valence-corrected chi connectivity index (χ1v) is 9.50. The van der Waals surface area contributed by atoms with Crippen LogP contribution in [0, 0.1) is 5.82 Å². The van der Waals surface area contributed by atoms with Gasteiger partial charge in [-0.1, -0.05) is 17.7 Å². The second-order valence-corrected chi connectivity index (χ2v) is 8.07. The van der Waals surface area contributed by atoms with Gasteiger partial charge in [-0.25, -0.2) is 12.8 Å². The van der Waals surface area contributed by atoms with Crippen molar-refractivity contribution in [3.05, 3.63) is 52.8 Å². The number of nitrogens with zero attached hydrogens (tertiary/aromatic N) is 1. The average Bonchev–Trinajstić information content (AvgIpc) is 2.82. The number of hydrogen-bond donors (Lipinski definition) is 0. The summed E-state index contributed by atoms with van der Waals surface area (Å²) in [6, 6.07) is 8.68. The molecule has 2 aromatic carbocycles. The highest BCUT2D eigenvalue weighted by atomic mass is 35.5. The number of halogens is 2.